The molecule has 1 aliphatic rings. The van der Waals surface area contributed by atoms with Crippen LogP contribution in [0.4, 0.5) is 0 Å². The molecule has 1 aliphatic heterocycles. The Labute approximate surface area is 236 Å². The molecule has 1 atom stereocenters. The van der Waals surface area contributed by atoms with Crippen molar-refractivity contribution in [2.75, 3.05) is 26.9 Å². The second-order valence-corrected chi connectivity index (χ2v) is 9.65. The maximum absolute atomic E-state index is 13.4. The minimum absolute atomic E-state index is 0.0438. The number of likely N-dealkylation sites (tertiary alicyclic amines) is 1. The lowest BCUT2D eigenvalue weighted by Crippen LogP contribution is -2.31. The van der Waals surface area contributed by atoms with Crippen LogP contribution in [-0.2, 0) is 16.0 Å². The molecule has 3 aromatic carbocycles. The van der Waals surface area contributed by atoms with E-state index in [1.54, 1.807) is 31.4 Å². The van der Waals surface area contributed by atoms with Gasteiger partial charge in [0, 0.05) is 12.1 Å². The molecule has 3 aromatic rings. The summed E-state index contributed by atoms with van der Waals surface area (Å²) >= 11 is 0. The summed E-state index contributed by atoms with van der Waals surface area (Å²) in [5, 5.41) is 11.4. The minimum Gasteiger partial charge on any atom is -0.507 e. The lowest BCUT2D eigenvalue weighted by Gasteiger charge is -2.26. The highest BCUT2D eigenvalue weighted by Crippen LogP contribution is 2.42. The SMILES string of the molecule is CCCCCOc1ccc(C2/C(=C(\O)c3ccc(OC)cc3)C(=O)C(=O)N2CCc2ccccc2)cc1OCC. The van der Waals surface area contributed by atoms with Gasteiger partial charge in [0.15, 0.2) is 11.5 Å². The first-order valence-electron chi connectivity index (χ1n) is 13.8. The molecule has 0 spiro atoms. The lowest BCUT2D eigenvalue weighted by molar-refractivity contribution is -0.139. The molecule has 7 heteroatoms. The molecule has 1 heterocycles. The molecule has 0 saturated carbocycles. The van der Waals surface area contributed by atoms with Crippen molar-refractivity contribution in [1.29, 1.82) is 0 Å². The van der Waals surface area contributed by atoms with Gasteiger partial charge in [-0.3, -0.25) is 9.59 Å². The molecule has 4 rings (SSSR count). The van der Waals surface area contributed by atoms with Gasteiger partial charge in [-0.1, -0.05) is 56.2 Å². The second-order valence-electron chi connectivity index (χ2n) is 9.65. The number of hydrogen-bond acceptors (Lipinski definition) is 6. The summed E-state index contributed by atoms with van der Waals surface area (Å²) in [5.74, 6) is 0.170. The Balaban J connectivity index is 1.76. The van der Waals surface area contributed by atoms with Crippen LogP contribution in [0.1, 0.15) is 55.8 Å². The maximum atomic E-state index is 13.4. The zero-order chi connectivity index (χ0) is 28.5. The fourth-order valence-corrected chi connectivity index (χ4v) is 4.87. The summed E-state index contributed by atoms with van der Waals surface area (Å²) in [7, 11) is 1.56. The Bertz CT molecular complexity index is 1330. The van der Waals surface area contributed by atoms with E-state index in [-0.39, 0.29) is 11.3 Å². The van der Waals surface area contributed by atoms with Crippen molar-refractivity contribution in [3.05, 3.63) is 95.1 Å². The van der Waals surface area contributed by atoms with Gasteiger partial charge in [0.25, 0.3) is 11.7 Å². The molecule has 40 heavy (non-hydrogen) atoms. The average Bonchev–Trinajstić information content (AvgIpc) is 3.24. The van der Waals surface area contributed by atoms with Gasteiger partial charge in [0.05, 0.1) is 31.9 Å². The molecule has 7 nitrogen and oxygen atoms in total. The molecule has 1 fully saturated rings. The number of rotatable bonds is 13. The standard InChI is InChI=1S/C33H37NO6/c1-4-6-10-21-40-27-18-15-25(22-28(27)39-5-2)30-29(31(35)24-13-16-26(38-3)17-14-24)32(36)33(37)34(30)20-19-23-11-8-7-9-12-23/h7-9,11-18,22,30,35H,4-6,10,19-21H2,1-3H3/b31-29+. The second kappa shape index (κ2) is 13.7. The van der Waals surface area contributed by atoms with Gasteiger partial charge in [-0.2, -0.15) is 0 Å². The van der Waals surface area contributed by atoms with Gasteiger partial charge in [-0.15, -0.1) is 0 Å². The number of amides is 1. The molecular weight excluding hydrogens is 506 g/mol. The largest absolute Gasteiger partial charge is 0.507 e. The van der Waals surface area contributed by atoms with E-state index in [1.807, 2.05) is 55.5 Å². The number of aliphatic hydroxyl groups excluding tert-OH is 1. The molecule has 1 amide bonds. The highest BCUT2D eigenvalue weighted by Gasteiger charge is 2.46. The normalized spacial score (nSPS) is 16.3. The molecule has 0 bridgehead atoms. The highest BCUT2D eigenvalue weighted by molar-refractivity contribution is 6.46. The molecule has 0 aromatic heterocycles. The van der Waals surface area contributed by atoms with E-state index in [0.717, 1.165) is 24.8 Å². The van der Waals surface area contributed by atoms with Crippen LogP contribution >= 0.6 is 0 Å². The van der Waals surface area contributed by atoms with Crippen molar-refractivity contribution in [2.24, 2.45) is 0 Å². The van der Waals surface area contributed by atoms with Gasteiger partial charge >= 0.3 is 0 Å². The van der Waals surface area contributed by atoms with Crippen LogP contribution in [-0.4, -0.2) is 48.6 Å². The number of Topliss-reactive ketones (excluding diaryl/α,β-unsaturated/α-hetero) is 1. The van der Waals surface area contributed by atoms with Gasteiger partial charge in [-0.25, -0.2) is 0 Å². The number of carbonyl (C=O) groups excluding carboxylic acids is 2. The molecule has 1 unspecified atom stereocenters. The van der Waals surface area contributed by atoms with Crippen molar-refractivity contribution in [3.8, 4) is 17.2 Å². The van der Waals surface area contributed by atoms with E-state index in [0.29, 0.717) is 54.6 Å². The van der Waals surface area contributed by atoms with E-state index < -0.39 is 17.7 Å². The highest BCUT2D eigenvalue weighted by atomic mass is 16.5. The van der Waals surface area contributed by atoms with E-state index in [9.17, 15) is 14.7 Å². The van der Waals surface area contributed by atoms with Crippen LogP contribution in [0.3, 0.4) is 0 Å². The summed E-state index contributed by atoms with van der Waals surface area (Å²) in [4.78, 5) is 28.4. The third kappa shape index (κ3) is 6.47. The summed E-state index contributed by atoms with van der Waals surface area (Å²) in [6.45, 7) is 5.33. The quantitative estimate of drug-likeness (QED) is 0.117. The maximum Gasteiger partial charge on any atom is 0.295 e. The molecule has 1 saturated heterocycles. The van der Waals surface area contributed by atoms with Crippen molar-refractivity contribution in [2.45, 2.75) is 45.6 Å². The average molecular weight is 544 g/mol. The molecule has 0 radical (unpaired) electrons. The lowest BCUT2D eigenvalue weighted by atomic mass is 9.94. The Morgan fingerprint density at radius 2 is 1.65 bits per heavy atom. The Morgan fingerprint density at radius 3 is 2.33 bits per heavy atom. The number of unbranched alkanes of at least 4 members (excludes halogenated alkanes) is 2. The van der Waals surface area contributed by atoms with Gasteiger partial charge < -0.3 is 24.2 Å². The smallest absolute Gasteiger partial charge is 0.295 e. The van der Waals surface area contributed by atoms with Gasteiger partial charge in [0.2, 0.25) is 0 Å². The van der Waals surface area contributed by atoms with Crippen LogP contribution in [0.15, 0.2) is 78.4 Å². The fourth-order valence-electron chi connectivity index (χ4n) is 4.87. The number of methoxy groups -OCH3 is 1. The predicted octanol–water partition coefficient (Wildman–Crippen LogP) is 6.33. The third-order valence-corrected chi connectivity index (χ3v) is 6.98. The monoisotopic (exact) mass is 543 g/mol. The fraction of sp³-hybridized carbons (Fsp3) is 0.333. The number of nitrogens with zero attached hydrogens (tertiary/aromatic N) is 1. The number of benzene rings is 3. The number of aliphatic hydroxyl groups is 1. The summed E-state index contributed by atoms with van der Waals surface area (Å²) < 4.78 is 17.1. The molecule has 210 valence electrons. The molecule has 1 N–H and O–H groups in total. The van der Waals surface area contributed by atoms with Crippen molar-refractivity contribution < 1.29 is 28.9 Å². The Morgan fingerprint density at radius 1 is 0.900 bits per heavy atom. The number of ketones is 1. The van der Waals surface area contributed by atoms with Crippen molar-refractivity contribution in [1.82, 2.24) is 4.90 Å². The number of hydrogen-bond donors (Lipinski definition) is 1. The summed E-state index contributed by atoms with van der Waals surface area (Å²) in [6.07, 6.45) is 3.66. The minimum atomic E-state index is -0.792. The van der Waals surface area contributed by atoms with E-state index >= 15 is 0 Å². The summed E-state index contributed by atoms with van der Waals surface area (Å²) in [5.41, 5.74) is 2.17. The first-order chi connectivity index (χ1) is 19.5. The zero-order valence-electron chi connectivity index (χ0n) is 23.4. The molecular formula is C33H37NO6. The van der Waals surface area contributed by atoms with Crippen LogP contribution in [0.25, 0.3) is 5.76 Å². The van der Waals surface area contributed by atoms with Crippen LogP contribution < -0.4 is 14.2 Å². The first kappa shape index (κ1) is 28.7. The predicted molar refractivity (Wildman–Crippen MR) is 155 cm³/mol. The zero-order valence-corrected chi connectivity index (χ0v) is 23.4. The number of carbonyl (C=O) groups is 2. The van der Waals surface area contributed by atoms with Crippen LogP contribution in [0.2, 0.25) is 0 Å². The van der Waals surface area contributed by atoms with Crippen LogP contribution in [0, 0.1) is 0 Å². The van der Waals surface area contributed by atoms with Crippen LogP contribution in [0.5, 0.6) is 17.2 Å². The van der Waals surface area contributed by atoms with E-state index in [4.69, 9.17) is 14.2 Å². The van der Waals surface area contributed by atoms with E-state index in [1.165, 1.54) is 4.90 Å². The first-order valence-corrected chi connectivity index (χ1v) is 13.8. The van der Waals surface area contributed by atoms with E-state index in [2.05, 4.69) is 6.92 Å². The van der Waals surface area contributed by atoms with Gasteiger partial charge in [-0.05, 0) is 67.3 Å². The molecule has 0 aliphatic carbocycles. The van der Waals surface area contributed by atoms with Gasteiger partial charge in [0.1, 0.15) is 11.5 Å². The van der Waals surface area contributed by atoms with Crippen molar-refractivity contribution in [3.63, 3.8) is 0 Å². The third-order valence-electron chi connectivity index (χ3n) is 6.98. The number of ether oxygens (including phenoxy) is 3. The Kier molecular flexibility index (Phi) is 9.84. The summed E-state index contributed by atoms with van der Waals surface area (Å²) in [6, 6.07) is 21.2. The topological polar surface area (TPSA) is 85.3 Å². The van der Waals surface area contributed by atoms with Crippen molar-refractivity contribution >= 4 is 17.4 Å². The Hall–Kier alpha value is -4.26.